The van der Waals surface area contributed by atoms with Crippen molar-refractivity contribution in [2.45, 2.75) is 12.8 Å². The number of aliphatic carboxylic acids is 1. The van der Waals surface area contributed by atoms with Crippen LogP contribution in [0.5, 0.6) is 0 Å². The first-order chi connectivity index (χ1) is 7.75. The third-order valence-electron chi connectivity index (χ3n) is 2.56. The van der Waals surface area contributed by atoms with Gasteiger partial charge < -0.3 is 19.2 Å². The number of anilines is 1. The normalized spacial score (nSPS) is 16.4. The number of hydrogen-bond acceptors (Lipinski definition) is 4. The van der Waals surface area contributed by atoms with Crippen molar-refractivity contribution in [2.75, 3.05) is 31.2 Å². The molecule has 88 valence electrons. The van der Waals surface area contributed by atoms with Crippen LogP contribution in [-0.4, -0.2) is 37.4 Å². The Balaban J connectivity index is 1.93. The second kappa shape index (κ2) is 5.03. The predicted octanol–water partition coefficient (Wildman–Crippen LogP) is 1.13. The zero-order chi connectivity index (χ0) is 11.4. The first kappa shape index (κ1) is 11.0. The van der Waals surface area contributed by atoms with Crippen LogP contribution in [0.3, 0.4) is 0 Å². The Morgan fingerprint density at radius 3 is 2.81 bits per heavy atom. The van der Waals surface area contributed by atoms with Gasteiger partial charge in [-0.3, -0.25) is 4.79 Å². The fourth-order valence-corrected chi connectivity index (χ4v) is 1.68. The molecule has 1 aliphatic rings. The second-order valence-electron chi connectivity index (χ2n) is 3.73. The highest BCUT2D eigenvalue weighted by molar-refractivity contribution is 5.66. The van der Waals surface area contributed by atoms with Gasteiger partial charge in [-0.25, -0.2) is 0 Å². The lowest BCUT2D eigenvalue weighted by Crippen LogP contribution is -2.35. The summed E-state index contributed by atoms with van der Waals surface area (Å²) in [5, 5.41) is 8.56. The Bertz CT molecular complexity index is 355. The summed E-state index contributed by atoms with van der Waals surface area (Å²) in [5.41, 5.74) is 0. The summed E-state index contributed by atoms with van der Waals surface area (Å²) in [6.07, 6.45) is 0.551. The van der Waals surface area contributed by atoms with Gasteiger partial charge in [-0.05, 0) is 6.07 Å². The van der Waals surface area contributed by atoms with Crippen molar-refractivity contribution >= 4 is 11.9 Å². The number of furan rings is 1. The van der Waals surface area contributed by atoms with Gasteiger partial charge in [-0.2, -0.15) is 0 Å². The van der Waals surface area contributed by atoms with Crippen LogP contribution >= 0.6 is 0 Å². The number of carboxylic acids is 1. The van der Waals surface area contributed by atoms with Crippen LogP contribution in [0.15, 0.2) is 16.5 Å². The van der Waals surface area contributed by atoms with E-state index in [9.17, 15) is 4.79 Å². The van der Waals surface area contributed by atoms with Crippen LogP contribution in [0.1, 0.15) is 12.2 Å². The van der Waals surface area contributed by atoms with Gasteiger partial charge in [-0.15, -0.1) is 0 Å². The molecule has 0 saturated carbocycles. The van der Waals surface area contributed by atoms with Gasteiger partial charge in [0.25, 0.3) is 0 Å². The molecule has 0 spiro atoms. The molecule has 1 aromatic rings. The van der Waals surface area contributed by atoms with E-state index in [1.807, 2.05) is 12.1 Å². The van der Waals surface area contributed by atoms with Gasteiger partial charge >= 0.3 is 5.97 Å². The summed E-state index contributed by atoms with van der Waals surface area (Å²) in [6.45, 7) is 3.08. The fourth-order valence-electron chi connectivity index (χ4n) is 1.68. The maximum atomic E-state index is 10.4. The molecule has 1 aliphatic heterocycles. The molecule has 2 rings (SSSR count). The van der Waals surface area contributed by atoms with Crippen molar-refractivity contribution in [2.24, 2.45) is 0 Å². The maximum absolute atomic E-state index is 10.4. The van der Waals surface area contributed by atoms with Gasteiger partial charge in [0.05, 0.1) is 19.6 Å². The van der Waals surface area contributed by atoms with E-state index in [0.29, 0.717) is 19.6 Å². The molecule has 0 aliphatic carbocycles. The van der Waals surface area contributed by atoms with Crippen LogP contribution in [0.4, 0.5) is 5.88 Å². The van der Waals surface area contributed by atoms with Crippen LogP contribution in [0.2, 0.25) is 0 Å². The molecule has 0 bridgehead atoms. The summed E-state index contributed by atoms with van der Waals surface area (Å²) < 4.78 is 10.8. The molecular formula is C11H15NO4. The molecule has 5 nitrogen and oxygen atoms in total. The van der Waals surface area contributed by atoms with Gasteiger partial charge in [0.2, 0.25) is 0 Å². The Morgan fingerprint density at radius 1 is 1.38 bits per heavy atom. The summed E-state index contributed by atoms with van der Waals surface area (Å²) in [5.74, 6) is 0.733. The molecule has 0 amide bonds. The molecule has 0 radical (unpaired) electrons. The van der Waals surface area contributed by atoms with Crippen molar-refractivity contribution in [1.29, 1.82) is 0 Å². The number of carboxylic acid groups (broad SMARTS) is 1. The Morgan fingerprint density at radius 2 is 2.12 bits per heavy atom. The van der Waals surface area contributed by atoms with Crippen molar-refractivity contribution in [3.63, 3.8) is 0 Å². The zero-order valence-electron chi connectivity index (χ0n) is 9.02. The first-order valence-corrected chi connectivity index (χ1v) is 5.39. The van der Waals surface area contributed by atoms with Gasteiger partial charge in [0, 0.05) is 25.6 Å². The third-order valence-corrected chi connectivity index (χ3v) is 2.56. The van der Waals surface area contributed by atoms with E-state index in [2.05, 4.69) is 4.90 Å². The number of ether oxygens (including phenoxy) is 1. The van der Waals surface area contributed by atoms with E-state index in [-0.39, 0.29) is 6.42 Å². The minimum atomic E-state index is -0.802. The number of morpholine rings is 1. The average molecular weight is 225 g/mol. The molecule has 1 fully saturated rings. The van der Waals surface area contributed by atoms with E-state index >= 15 is 0 Å². The van der Waals surface area contributed by atoms with Gasteiger partial charge in [0.1, 0.15) is 5.76 Å². The number of hydrogen-bond donors (Lipinski definition) is 1. The first-order valence-electron chi connectivity index (χ1n) is 5.39. The lowest BCUT2D eigenvalue weighted by atomic mass is 10.2. The highest BCUT2D eigenvalue weighted by atomic mass is 16.5. The van der Waals surface area contributed by atoms with Gasteiger partial charge in [-0.1, -0.05) is 0 Å². The molecule has 1 saturated heterocycles. The summed E-state index contributed by atoms with van der Waals surface area (Å²) in [7, 11) is 0. The lowest BCUT2D eigenvalue weighted by molar-refractivity contribution is -0.137. The van der Waals surface area contributed by atoms with E-state index in [0.717, 1.165) is 24.7 Å². The third kappa shape index (κ3) is 2.76. The van der Waals surface area contributed by atoms with Crippen LogP contribution < -0.4 is 4.90 Å². The van der Waals surface area contributed by atoms with E-state index < -0.39 is 5.97 Å². The highest BCUT2D eigenvalue weighted by Crippen LogP contribution is 2.20. The second-order valence-corrected chi connectivity index (χ2v) is 3.73. The largest absolute Gasteiger partial charge is 0.481 e. The maximum Gasteiger partial charge on any atom is 0.303 e. The van der Waals surface area contributed by atoms with Gasteiger partial charge in [0.15, 0.2) is 5.88 Å². The molecule has 0 atom stereocenters. The standard InChI is InChI=1S/C11H15NO4/c13-11(14)4-2-9-1-3-10(16-9)12-5-7-15-8-6-12/h1,3H,2,4-8H2,(H,13,14). The SMILES string of the molecule is O=C(O)CCc1ccc(N2CCOCC2)o1. The van der Waals surface area contributed by atoms with E-state index in [1.165, 1.54) is 0 Å². The fraction of sp³-hybridized carbons (Fsp3) is 0.545. The number of nitrogens with zero attached hydrogens (tertiary/aromatic N) is 1. The van der Waals surface area contributed by atoms with Crippen molar-refractivity contribution in [3.05, 3.63) is 17.9 Å². The Labute approximate surface area is 93.6 Å². The highest BCUT2D eigenvalue weighted by Gasteiger charge is 2.14. The number of carbonyl (C=O) groups is 1. The molecule has 16 heavy (non-hydrogen) atoms. The summed E-state index contributed by atoms with van der Waals surface area (Å²) in [6, 6.07) is 3.73. The molecule has 1 aromatic heterocycles. The number of aryl methyl sites for hydroxylation is 1. The van der Waals surface area contributed by atoms with Crippen LogP contribution in [-0.2, 0) is 16.0 Å². The van der Waals surface area contributed by atoms with Crippen molar-refractivity contribution in [3.8, 4) is 0 Å². The van der Waals surface area contributed by atoms with E-state index in [4.69, 9.17) is 14.3 Å². The quantitative estimate of drug-likeness (QED) is 0.832. The molecule has 2 heterocycles. The summed E-state index contributed by atoms with van der Waals surface area (Å²) in [4.78, 5) is 12.5. The summed E-state index contributed by atoms with van der Waals surface area (Å²) >= 11 is 0. The lowest BCUT2D eigenvalue weighted by Gasteiger charge is -2.26. The zero-order valence-corrected chi connectivity index (χ0v) is 9.02. The van der Waals surface area contributed by atoms with Crippen molar-refractivity contribution < 1.29 is 19.1 Å². The topological polar surface area (TPSA) is 62.9 Å². The van der Waals surface area contributed by atoms with E-state index in [1.54, 1.807) is 0 Å². The molecule has 0 unspecified atom stereocenters. The van der Waals surface area contributed by atoms with Crippen molar-refractivity contribution in [1.82, 2.24) is 0 Å². The minimum absolute atomic E-state index is 0.107. The predicted molar refractivity (Wildman–Crippen MR) is 57.7 cm³/mol. The average Bonchev–Trinajstić information content (AvgIpc) is 2.76. The van der Waals surface area contributed by atoms with Crippen LogP contribution in [0.25, 0.3) is 0 Å². The smallest absolute Gasteiger partial charge is 0.303 e. The number of rotatable bonds is 4. The molecular weight excluding hydrogens is 210 g/mol. The Kier molecular flexibility index (Phi) is 3.46. The monoisotopic (exact) mass is 225 g/mol. The molecule has 5 heteroatoms. The van der Waals surface area contributed by atoms with Crippen LogP contribution in [0, 0.1) is 0 Å². The molecule has 0 aromatic carbocycles. The Hall–Kier alpha value is -1.49. The molecule has 1 N–H and O–H groups in total. The minimum Gasteiger partial charge on any atom is -0.481 e.